The monoisotopic (exact) mass is 265 g/mol. The van der Waals surface area contributed by atoms with Gasteiger partial charge in [0.05, 0.1) is 8.67 Å². The average molecular weight is 266 g/mol. The fourth-order valence-corrected chi connectivity index (χ4v) is 3.08. The van der Waals surface area contributed by atoms with Gasteiger partial charge in [-0.2, -0.15) is 0 Å². The predicted molar refractivity (Wildman–Crippen MR) is 70.1 cm³/mol. The van der Waals surface area contributed by atoms with E-state index in [4.69, 9.17) is 28.9 Å². The molecule has 0 aliphatic carbocycles. The zero-order valence-corrected chi connectivity index (χ0v) is 11.5. The molecule has 86 valence electrons. The fraction of sp³-hybridized carbons (Fsp3) is 0.636. The van der Waals surface area contributed by atoms with Crippen molar-refractivity contribution in [2.45, 2.75) is 33.1 Å². The Labute approximate surface area is 106 Å². The quantitative estimate of drug-likeness (QED) is 0.841. The third-order valence-corrected chi connectivity index (χ3v) is 4.19. The summed E-state index contributed by atoms with van der Waals surface area (Å²) in [6.45, 7) is 5.22. The Kier molecular flexibility index (Phi) is 4.91. The van der Waals surface area contributed by atoms with Crippen LogP contribution in [0.5, 0.6) is 0 Å². The van der Waals surface area contributed by atoms with Crippen molar-refractivity contribution in [1.29, 1.82) is 0 Å². The highest BCUT2D eigenvalue weighted by Gasteiger charge is 2.17. The summed E-state index contributed by atoms with van der Waals surface area (Å²) in [5, 5.41) is 0. The van der Waals surface area contributed by atoms with Gasteiger partial charge >= 0.3 is 0 Å². The molecule has 0 spiro atoms. The first-order valence-electron chi connectivity index (χ1n) is 5.08. The molecule has 0 aliphatic heterocycles. The first-order valence-corrected chi connectivity index (χ1v) is 6.65. The Balaban J connectivity index is 2.53. The van der Waals surface area contributed by atoms with Gasteiger partial charge in [-0.05, 0) is 42.9 Å². The van der Waals surface area contributed by atoms with Crippen LogP contribution in [0, 0.1) is 5.41 Å². The molecule has 2 N–H and O–H groups in total. The highest BCUT2D eigenvalue weighted by Crippen LogP contribution is 2.34. The lowest BCUT2D eigenvalue weighted by molar-refractivity contribution is 0.313. The minimum atomic E-state index is 0.284. The first-order chi connectivity index (χ1) is 6.94. The van der Waals surface area contributed by atoms with Crippen molar-refractivity contribution in [3.8, 4) is 0 Å². The maximum Gasteiger partial charge on any atom is 0.0976 e. The fourth-order valence-electron chi connectivity index (χ4n) is 1.53. The van der Waals surface area contributed by atoms with E-state index in [0.717, 1.165) is 40.0 Å². The zero-order chi connectivity index (χ0) is 11.5. The first kappa shape index (κ1) is 13.3. The summed E-state index contributed by atoms with van der Waals surface area (Å²) < 4.78 is 1.59. The predicted octanol–water partition coefficient (Wildman–Crippen LogP) is 4.36. The molecule has 0 aliphatic rings. The molecular weight excluding hydrogens is 249 g/mol. The number of halogens is 2. The van der Waals surface area contributed by atoms with Crippen LogP contribution < -0.4 is 5.73 Å². The van der Waals surface area contributed by atoms with E-state index in [1.165, 1.54) is 11.3 Å². The van der Waals surface area contributed by atoms with E-state index in [0.29, 0.717) is 0 Å². The van der Waals surface area contributed by atoms with Crippen molar-refractivity contribution in [2.75, 3.05) is 6.54 Å². The number of aryl methyl sites for hydroxylation is 1. The molecule has 0 unspecified atom stereocenters. The largest absolute Gasteiger partial charge is 0.330 e. The van der Waals surface area contributed by atoms with Crippen LogP contribution in [-0.4, -0.2) is 6.54 Å². The van der Waals surface area contributed by atoms with Crippen LogP contribution in [0.15, 0.2) is 6.07 Å². The second kappa shape index (κ2) is 5.53. The van der Waals surface area contributed by atoms with Gasteiger partial charge < -0.3 is 5.73 Å². The van der Waals surface area contributed by atoms with Crippen LogP contribution in [0.1, 0.15) is 32.3 Å². The summed E-state index contributed by atoms with van der Waals surface area (Å²) in [7, 11) is 0. The van der Waals surface area contributed by atoms with Crippen LogP contribution in [0.4, 0.5) is 0 Å². The summed E-state index contributed by atoms with van der Waals surface area (Å²) in [6.07, 6.45) is 3.12. The minimum Gasteiger partial charge on any atom is -0.330 e. The zero-order valence-electron chi connectivity index (χ0n) is 9.15. The second-order valence-electron chi connectivity index (χ2n) is 4.55. The van der Waals surface area contributed by atoms with Gasteiger partial charge in [0.25, 0.3) is 0 Å². The van der Waals surface area contributed by atoms with E-state index in [2.05, 4.69) is 13.8 Å². The van der Waals surface area contributed by atoms with Gasteiger partial charge in [0.2, 0.25) is 0 Å². The summed E-state index contributed by atoms with van der Waals surface area (Å²) >= 11 is 13.4. The molecule has 1 nitrogen and oxygen atoms in total. The molecule has 1 heterocycles. The Morgan fingerprint density at radius 2 is 2.00 bits per heavy atom. The molecule has 4 heteroatoms. The van der Waals surface area contributed by atoms with Gasteiger partial charge in [0, 0.05) is 0 Å². The topological polar surface area (TPSA) is 26.0 Å². The van der Waals surface area contributed by atoms with Crippen molar-refractivity contribution in [3.63, 3.8) is 0 Å². The molecule has 1 aromatic heterocycles. The maximum atomic E-state index is 6.06. The van der Waals surface area contributed by atoms with Crippen molar-refractivity contribution >= 4 is 34.5 Å². The van der Waals surface area contributed by atoms with E-state index >= 15 is 0 Å². The smallest absolute Gasteiger partial charge is 0.0976 e. The molecule has 0 bridgehead atoms. The lowest BCUT2D eigenvalue weighted by Gasteiger charge is -2.23. The van der Waals surface area contributed by atoms with E-state index in [-0.39, 0.29) is 5.41 Å². The Bertz CT molecular complexity index is 320. The number of thiophene rings is 1. The van der Waals surface area contributed by atoms with E-state index in [1.54, 1.807) is 0 Å². The SMILES string of the molecule is CC(C)(CCN)CCc1cc(Cl)sc1Cl. The second-order valence-corrected chi connectivity index (χ2v) is 6.84. The summed E-state index contributed by atoms with van der Waals surface area (Å²) in [5.74, 6) is 0. The molecule has 0 atom stereocenters. The molecule has 0 aromatic carbocycles. The number of hydrogen-bond acceptors (Lipinski definition) is 2. The van der Waals surface area contributed by atoms with Gasteiger partial charge in [-0.3, -0.25) is 0 Å². The number of nitrogens with two attached hydrogens (primary N) is 1. The lowest BCUT2D eigenvalue weighted by Crippen LogP contribution is -2.17. The normalized spacial score (nSPS) is 12.1. The van der Waals surface area contributed by atoms with Crippen LogP contribution in [-0.2, 0) is 6.42 Å². The van der Waals surface area contributed by atoms with Crippen LogP contribution >= 0.6 is 34.5 Å². The Morgan fingerprint density at radius 1 is 1.33 bits per heavy atom. The highest BCUT2D eigenvalue weighted by atomic mass is 35.5. The van der Waals surface area contributed by atoms with Gasteiger partial charge in [0.1, 0.15) is 0 Å². The summed E-state index contributed by atoms with van der Waals surface area (Å²) in [4.78, 5) is 0. The van der Waals surface area contributed by atoms with Gasteiger partial charge in [-0.25, -0.2) is 0 Å². The van der Waals surface area contributed by atoms with E-state index < -0.39 is 0 Å². The molecule has 1 rings (SSSR count). The van der Waals surface area contributed by atoms with Crippen LogP contribution in [0.25, 0.3) is 0 Å². The molecular formula is C11H17Cl2NS. The van der Waals surface area contributed by atoms with E-state index in [1.807, 2.05) is 6.07 Å². The lowest BCUT2D eigenvalue weighted by atomic mass is 9.83. The molecule has 15 heavy (non-hydrogen) atoms. The standard InChI is InChI=1S/C11H17Cl2NS/c1-11(2,5-6-14)4-3-8-7-9(12)15-10(8)13/h7H,3-6,14H2,1-2H3. The Hall–Kier alpha value is 0.240. The minimum absolute atomic E-state index is 0.284. The summed E-state index contributed by atoms with van der Waals surface area (Å²) in [6, 6.07) is 1.97. The van der Waals surface area contributed by atoms with Crippen LogP contribution in [0.2, 0.25) is 8.67 Å². The molecule has 0 saturated heterocycles. The van der Waals surface area contributed by atoms with Crippen molar-refractivity contribution in [3.05, 3.63) is 20.3 Å². The molecule has 0 saturated carbocycles. The highest BCUT2D eigenvalue weighted by molar-refractivity contribution is 7.20. The molecule has 0 amide bonds. The third kappa shape index (κ3) is 4.31. The summed E-state index contributed by atoms with van der Waals surface area (Å²) in [5.41, 5.74) is 7.02. The van der Waals surface area contributed by atoms with Crippen LogP contribution in [0.3, 0.4) is 0 Å². The maximum absolute atomic E-state index is 6.06. The van der Waals surface area contributed by atoms with Crippen molar-refractivity contribution in [2.24, 2.45) is 11.1 Å². The van der Waals surface area contributed by atoms with E-state index in [9.17, 15) is 0 Å². The Morgan fingerprint density at radius 3 is 2.47 bits per heavy atom. The van der Waals surface area contributed by atoms with Gasteiger partial charge in [-0.1, -0.05) is 37.0 Å². The van der Waals surface area contributed by atoms with Crippen molar-refractivity contribution < 1.29 is 0 Å². The molecule has 0 radical (unpaired) electrons. The van der Waals surface area contributed by atoms with Crippen molar-refractivity contribution in [1.82, 2.24) is 0 Å². The number of rotatable bonds is 5. The van der Waals surface area contributed by atoms with Gasteiger partial charge in [0.15, 0.2) is 0 Å². The third-order valence-electron chi connectivity index (χ3n) is 2.62. The number of hydrogen-bond donors (Lipinski definition) is 1. The van der Waals surface area contributed by atoms with Gasteiger partial charge in [-0.15, -0.1) is 11.3 Å². The average Bonchev–Trinajstić information content (AvgIpc) is 2.42. The molecule has 1 aromatic rings. The molecule has 0 fully saturated rings.